The second kappa shape index (κ2) is 11.8. The molecule has 194 valence electrons. The first-order chi connectivity index (χ1) is 17.3. The zero-order chi connectivity index (χ0) is 25.5. The molecule has 3 heterocycles. The quantitative estimate of drug-likeness (QED) is 0.412. The molecular formula is C28H38N4O4. The predicted octanol–water partition coefficient (Wildman–Crippen LogP) is 3.75. The summed E-state index contributed by atoms with van der Waals surface area (Å²) < 4.78 is 5.95. The zero-order valence-electron chi connectivity index (χ0n) is 21.3. The van der Waals surface area contributed by atoms with Crippen molar-refractivity contribution in [2.24, 2.45) is 11.8 Å². The van der Waals surface area contributed by atoms with Crippen molar-refractivity contribution >= 4 is 17.7 Å². The Labute approximate surface area is 213 Å². The fraction of sp³-hybridized carbons (Fsp3) is 0.571. The van der Waals surface area contributed by atoms with E-state index in [0.717, 1.165) is 55.7 Å². The van der Waals surface area contributed by atoms with Gasteiger partial charge in [0.25, 0.3) is 0 Å². The molecule has 1 unspecified atom stereocenters. The second-order valence-corrected chi connectivity index (χ2v) is 10.6. The molecular weight excluding hydrogens is 456 g/mol. The summed E-state index contributed by atoms with van der Waals surface area (Å²) in [5.74, 6) is -0.132. The molecule has 2 aliphatic rings. The van der Waals surface area contributed by atoms with Crippen LogP contribution in [0.3, 0.4) is 0 Å². The van der Waals surface area contributed by atoms with Crippen molar-refractivity contribution in [3.63, 3.8) is 0 Å². The molecule has 2 aromatic heterocycles. The third-order valence-corrected chi connectivity index (χ3v) is 7.58. The normalized spacial score (nSPS) is 19.9. The van der Waals surface area contributed by atoms with Crippen LogP contribution in [0.25, 0.3) is 0 Å². The SMILES string of the molecule is CC(C)(C(=O)NCC(CCOC1CC(CCc2ccc3c(n2)NCCC3)C1)C(=O)O)c1cccnc1. The number of amides is 1. The third kappa shape index (κ3) is 6.60. The molecule has 36 heavy (non-hydrogen) atoms. The highest BCUT2D eigenvalue weighted by atomic mass is 16.5. The monoisotopic (exact) mass is 494 g/mol. The molecule has 0 bridgehead atoms. The van der Waals surface area contributed by atoms with Crippen molar-refractivity contribution in [2.75, 3.05) is 25.0 Å². The summed E-state index contributed by atoms with van der Waals surface area (Å²) in [6.45, 7) is 5.09. The Morgan fingerprint density at radius 3 is 2.86 bits per heavy atom. The Bertz CT molecular complexity index is 1040. The van der Waals surface area contributed by atoms with Crippen molar-refractivity contribution in [2.45, 2.75) is 70.3 Å². The molecule has 0 aromatic carbocycles. The average Bonchev–Trinajstić information content (AvgIpc) is 2.86. The molecule has 0 radical (unpaired) electrons. The summed E-state index contributed by atoms with van der Waals surface area (Å²) in [7, 11) is 0. The van der Waals surface area contributed by atoms with E-state index in [9.17, 15) is 14.7 Å². The Hall–Kier alpha value is -3.00. The minimum Gasteiger partial charge on any atom is -0.481 e. The summed E-state index contributed by atoms with van der Waals surface area (Å²) in [4.78, 5) is 33.3. The summed E-state index contributed by atoms with van der Waals surface area (Å²) in [6.07, 6.45) is 10.3. The lowest BCUT2D eigenvalue weighted by atomic mass is 9.79. The van der Waals surface area contributed by atoms with Crippen LogP contribution in [-0.2, 0) is 32.6 Å². The van der Waals surface area contributed by atoms with E-state index >= 15 is 0 Å². The molecule has 2 aromatic rings. The van der Waals surface area contributed by atoms with Crippen molar-refractivity contribution in [3.8, 4) is 0 Å². The third-order valence-electron chi connectivity index (χ3n) is 7.58. The number of hydrogen-bond donors (Lipinski definition) is 3. The average molecular weight is 495 g/mol. The number of ether oxygens (including phenoxy) is 1. The lowest BCUT2D eigenvalue weighted by molar-refractivity contribution is -0.143. The lowest BCUT2D eigenvalue weighted by Gasteiger charge is -2.35. The van der Waals surface area contributed by atoms with Crippen LogP contribution in [0.4, 0.5) is 5.82 Å². The van der Waals surface area contributed by atoms with Crippen LogP contribution in [0.1, 0.15) is 62.8 Å². The van der Waals surface area contributed by atoms with Gasteiger partial charge in [-0.25, -0.2) is 4.98 Å². The van der Waals surface area contributed by atoms with Gasteiger partial charge in [-0.2, -0.15) is 0 Å². The van der Waals surface area contributed by atoms with E-state index in [1.165, 1.54) is 12.0 Å². The molecule has 1 amide bonds. The number of carbonyl (C=O) groups excluding carboxylic acids is 1. The minimum absolute atomic E-state index is 0.0805. The molecule has 0 saturated heterocycles. The molecule has 4 rings (SSSR count). The number of carbonyl (C=O) groups is 2. The van der Waals surface area contributed by atoms with Gasteiger partial charge in [0.2, 0.25) is 5.91 Å². The fourth-order valence-corrected chi connectivity index (χ4v) is 4.90. The number of aliphatic carboxylic acids is 1. The number of anilines is 1. The molecule has 1 atom stereocenters. The van der Waals surface area contributed by atoms with Crippen molar-refractivity contribution in [3.05, 3.63) is 53.5 Å². The van der Waals surface area contributed by atoms with E-state index in [0.29, 0.717) is 18.9 Å². The molecule has 8 heteroatoms. The molecule has 0 spiro atoms. The molecule has 1 fully saturated rings. The highest BCUT2D eigenvalue weighted by molar-refractivity contribution is 5.87. The summed E-state index contributed by atoms with van der Waals surface area (Å²) in [6, 6.07) is 8.00. The van der Waals surface area contributed by atoms with Crippen LogP contribution in [-0.4, -0.2) is 52.8 Å². The smallest absolute Gasteiger partial charge is 0.308 e. The van der Waals surface area contributed by atoms with Gasteiger partial charge in [-0.1, -0.05) is 12.1 Å². The number of rotatable bonds is 12. The number of carboxylic acids is 1. The Kier molecular flexibility index (Phi) is 8.56. The van der Waals surface area contributed by atoms with Crippen LogP contribution in [0.2, 0.25) is 0 Å². The van der Waals surface area contributed by atoms with E-state index in [1.807, 2.05) is 19.9 Å². The first kappa shape index (κ1) is 26.1. The van der Waals surface area contributed by atoms with Crippen LogP contribution in [0.15, 0.2) is 36.7 Å². The van der Waals surface area contributed by atoms with Gasteiger partial charge in [0, 0.05) is 37.8 Å². The molecule has 1 aliphatic heterocycles. The first-order valence-corrected chi connectivity index (χ1v) is 13.1. The van der Waals surface area contributed by atoms with Crippen molar-refractivity contribution in [1.82, 2.24) is 15.3 Å². The van der Waals surface area contributed by atoms with E-state index in [-0.39, 0.29) is 18.6 Å². The van der Waals surface area contributed by atoms with Gasteiger partial charge in [-0.05, 0) is 88.0 Å². The highest BCUT2D eigenvalue weighted by Crippen LogP contribution is 2.34. The Morgan fingerprint density at radius 2 is 2.11 bits per heavy atom. The topological polar surface area (TPSA) is 113 Å². The summed E-state index contributed by atoms with van der Waals surface area (Å²) in [5, 5.41) is 15.8. The van der Waals surface area contributed by atoms with Gasteiger partial charge in [-0.3, -0.25) is 14.6 Å². The van der Waals surface area contributed by atoms with Crippen LogP contribution < -0.4 is 10.6 Å². The molecule has 1 saturated carbocycles. The van der Waals surface area contributed by atoms with Crippen LogP contribution in [0, 0.1) is 11.8 Å². The van der Waals surface area contributed by atoms with E-state index < -0.39 is 17.3 Å². The van der Waals surface area contributed by atoms with Gasteiger partial charge in [-0.15, -0.1) is 0 Å². The summed E-state index contributed by atoms with van der Waals surface area (Å²) in [5.41, 5.74) is 2.46. The molecule has 8 nitrogen and oxygen atoms in total. The zero-order valence-corrected chi connectivity index (χ0v) is 21.3. The Balaban J connectivity index is 1.13. The minimum atomic E-state index is -0.920. The van der Waals surface area contributed by atoms with Crippen molar-refractivity contribution in [1.29, 1.82) is 0 Å². The number of aromatic nitrogens is 2. The summed E-state index contributed by atoms with van der Waals surface area (Å²) >= 11 is 0. The number of carboxylic acid groups (broad SMARTS) is 1. The van der Waals surface area contributed by atoms with Gasteiger partial charge in [0.05, 0.1) is 17.4 Å². The largest absolute Gasteiger partial charge is 0.481 e. The van der Waals surface area contributed by atoms with E-state index in [2.05, 4.69) is 27.8 Å². The first-order valence-electron chi connectivity index (χ1n) is 13.1. The van der Waals surface area contributed by atoms with Gasteiger partial charge >= 0.3 is 5.97 Å². The second-order valence-electron chi connectivity index (χ2n) is 10.6. The van der Waals surface area contributed by atoms with E-state index in [4.69, 9.17) is 9.72 Å². The van der Waals surface area contributed by atoms with E-state index in [1.54, 1.807) is 18.5 Å². The van der Waals surface area contributed by atoms with Gasteiger partial charge < -0.3 is 20.5 Å². The predicted molar refractivity (Wildman–Crippen MR) is 138 cm³/mol. The van der Waals surface area contributed by atoms with Crippen LogP contribution >= 0.6 is 0 Å². The Morgan fingerprint density at radius 1 is 1.28 bits per heavy atom. The van der Waals surface area contributed by atoms with Crippen LogP contribution in [0.5, 0.6) is 0 Å². The number of hydrogen-bond acceptors (Lipinski definition) is 6. The number of nitrogens with one attached hydrogen (secondary N) is 2. The lowest BCUT2D eigenvalue weighted by Crippen LogP contribution is -2.43. The number of aryl methyl sites for hydroxylation is 2. The standard InChI is InChI=1S/C28H38N4O4/c1-28(2,22-6-4-12-29-18-22)27(35)31-17-21(26(33)34)11-14-36-24-15-19(16-24)7-9-23-10-8-20-5-3-13-30-25(20)32-23/h4,6,8,10,12,18-19,21,24H,3,5,7,9,11,13-17H2,1-2H3,(H,30,32)(H,31,35)(H,33,34). The number of pyridine rings is 2. The van der Waals surface area contributed by atoms with Crippen molar-refractivity contribution < 1.29 is 19.4 Å². The number of nitrogens with zero attached hydrogens (tertiary/aromatic N) is 2. The highest BCUT2D eigenvalue weighted by Gasteiger charge is 2.32. The maximum absolute atomic E-state index is 12.7. The van der Waals surface area contributed by atoms with Gasteiger partial charge in [0.15, 0.2) is 0 Å². The van der Waals surface area contributed by atoms with Gasteiger partial charge in [0.1, 0.15) is 5.82 Å². The molecule has 1 aliphatic carbocycles. The maximum atomic E-state index is 12.7. The fourth-order valence-electron chi connectivity index (χ4n) is 4.90. The maximum Gasteiger partial charge on any atom is 0.308 e. The number of fused-ring (bicyclic) bond motifs is 1. The molecule has 3 N–H and O–H groups in total.